The van der Waals surface area contributed by atoms with Crippen LogP contribution < -0.4 is 9.64 Å². The van der Waals surface area contributed by atoms with Gasteiger partial charge in [-0.1, -0.05) is 24.3 Å². The molecule has 0 fully saturated rings. The van der Waals surface area contributed by atoms with E-state index in [1.807, 2.05) is 30.3 Å². The maximum Gasteiger partial charge on any atom is 0.290 e. The van der Waals surface area contributed by atoms with Gasteiger partial charge in [0, 0.05) is 43.1 Å². The Balaban J connectivity index is 1.59. The number of aromatic nitrogens is 1. The Bertz CT molecular complexity index is 1500. The number of para-hydroxylation sites is 1. The Hall–Kier alpha value is -4.59. The van der Waals surface area contributed by atoms with E-state index in [0.717, 1.165) is 24.3 Å². The van der Waals surface area contributed by atoms with Gasteiger partial charge >= 0.3 is 0 Å². The minimum absolute atomic E-state index is 0.0160. The number of hydrogen-bond donors (Lipinski definition) is 1. The van der Waals surface area contributed by atoms with E-state index in [9.17, 15) is 14.7 Å². The van der Waals surface area contributed by atoms with Crippen molar-refractivity contribution >= 4 is 28.3 Å². The Kier molecular flexibility index (Phi) is 6.87. The number of nitrogens with zero attached hydrogens (tertiary/aromatic N) is 3. The lowest BCUT2D eigenvalue weighted by Gasteiger charge is -2.28. The van der Waals surface area contributed by atoms with Crippen LogP contribution in [0.3, 0.4) is 0 Å². The molecule has 1 N–H and O–H groups in total. The minimum Gasteiger partial charge on any atom is -0.503 e. The molecular weight excluding hydrogens is 482 g/mol. The van der Waals surface area contributed by atoms with Crippen molar-refractivity contribution in [2.45, 2.75) is 26.4 Å². The van der Waals surface area contributed by atoms with E-state index in [0.29, 0.717) is 22.3 Å². The van der Waals surface area contributed by atoms with Crippen LogP contribution in [-0.2, 0) is 11.3 Å². The van der Waals surface area contributed by atoms with Crippen molar-refractivity contribution in [3.05, 3.63) is 101 Å². The molecule has 1 amide bonds. The lowest BCUT2D eigenvalue weighted by Crippen LogP contribution is -2.30. The van der Waals surface area contributed by atoms with Crippen LogP contribution in [0.2, 0.25) is 0 Å². The summed E-state index contributed by atoms with van der Waals surface area (Å²) in [5.74, 6) is -1.23. The summed E-state index contributed by atoms with van der Waals surface area (Å²) in [6.07, 6.45) is 3.29. The number of rotatable bonds is 9. The highest BCUT2D eigenvalue weighted by atomic mass is 16.5. The number of anilines is 1. The van der Waals surface area contributed by atoms with Crippen LogP contribution in [-0.4, -0.2) is 46.9 Å². The minimum atomic E-state index is -0.802. The van der Waals surface area contributed by atoms with Crippen molar-refractivity contribution in [2.24, 2.45) is 0 Å². The van der Waals surface area contributed by atoms with Crippen LogP contribution in [0.15, 0.2) is 88.8 Å². The Morgan fingerprint density at radius 1 is 1.08 bits per heavy atom. The zero-order chi connectivity index (χ0) is 26.8. The summed E-state index contributed by atoms with van der Waals surface area (Å²) in [5.41, 5.74) is 2.99. The van der Waals surface area contributed by atoms with Gasteiger partial charge in [0.05, 0.1) is 18.7 Å². The number of hydrogen-bond acceptors (Lipinski definition) is 7. The number of fused-ring (bicyclic) bond motifs is 1. The topological polar surface area (TPSA) is 96.1 Å². The number of Topliss-reactive ketones (excluding diaryl/α,β-unsaturated/α-hetero) is 1. The summed E-state index contributed by atoms with van der Waals surface area (Å²) in [4.78, 5) is 35.0. The summed E-state index contributed by atoms with van der Waals surface area (Å²) in [6.45, 7) is 6.07. The monoisotopic (exact) mass is 511 g/mol. The third kappa shape index (κ3) is 4.38. The molecule has 4 aromatic rings. The van der Waals surface area contributed by atoms with E-state index in [1.165, 1.54) is 12.0 Å². The molecular formula is C30H29N3O5. The number of pyridine rings is 1. The second-order valence-electron chi connectivity index (χ2n) is 9.04. The van der Waals surface area contributed by atoms with Crippen LogP contribution in [0.25, 0.3) is 11.0 Å². The van der Waals surface area contributed by atoms with Crippen LogP contribution >= 0.6 is 0 Å². The van der Waals surface area contributed by atoms with Crippen molar-refractivity contribution in [2.75, 3.05) is 25.1 Å². The van der Waals surface area contributed by atoms with Gasteiger partial charge in [-0.25, -0.2) is 0 Å². The predicted molar refractivity (Wildman–Crippen MR) is 144 cm³/mol. The molecule has 38 heavy (non-hydrogen) atoms. The third-order valence-electron chi connectivity index (χ3n) is 6.94. The molecule has 0 saturated carbocycles. The second-order valence-corrected chi connectivity index (χ2v) is 9.04. The quantitative estimate of drug-likeness (QED) is 0.298. The van der Waals surface area contributed by atoms with E-state index >= 15 is 0 Å². The molecule has 0 bridgehead atoms. The first-order valence-corrected chi connectivity index (χ1v) is 12.6. The molecule has 2 aromatic heterocycles. The highest BCUT2D eigenvalue weighted by Gasteiger charge is 2.44. The van der Waals surface area contributed by atoms with Crippen molar-refractivity contribution in [1.29, 1.82) is 0 Å². The maximum absolute atomic E-state index is 13.9. The van der Waals surface area contributed by atoms with Gasteiger partial charge in [-0.2, -0.15) is 0 Å². The number of methoxy groups -OCH3 is 1. The Morgan fingerprint density at radius 3 is 2.45 bits per heavy atom. The number of aliphatic hydroxyl groups is 1. The Labute approximate surface area is 220 Å². The summed E-state index contributed by atoms with van der Waals surface area (Å²) in [7, 11) is 1.53. The SMILES string of the molecule is CCN(CC)c1ccc(C2C(C(=O)c3cc4cccc(OC)c4o3)=C(O)C(=O)N2Cc2ccncc2)cc1. The first kappa shape index (κ1) is 25.1. The van der Waals surface area contributed by atoms with Crippen LogP contribution in [0.1, 0.15) is 41.6 Å². The predicted octanol–water partition coefficient (Wildman–Crippen LogP) is 5.46. The smallest absolute Gasteiger partial charge is 0.290 e. The molecule has 3 heterocycles. The molecule has 0 aliphatic carbocycles. The number of benzene rings is 2. The average Bonchev–Trinajstić information content (AvgIpc) is 3.49. The summed E-state index contributed by atoms with van der Waals surface area (Å²) < 4.78 is 11.3. The molecule has 1 aliphatic heterocycles. The van der Waals surface area contributed by atoms with Gasteiger partial charge < -0.3 is 24.1 Å². The number of amides is 1. The first-order chi connectivity index (χ1) is 18.5. The van der Waals surface area contributed by atoms with E-state index in [4.69, 9.17) is 9.15 Å². The summed E-state index contributed by atoms with van der Waals surface area (Å²) >= 11 is 0. The first-order valence-electron chi connectivity index (χ1n) is 12.6. The van der Waals surface area contributed by atoms with E-state index in [2.05, 4.69) is 23.7 Å². The number of carbonyl (C=O) groups is 2. The van der Waals surface area contributed by atoms with E-state index in [-0.39, 0.29) is 17.9 Å². The second kappa shape index (κ2) is 10.4. The molecule has 0 saturated heterocycles. The summed E-state index contributed by atoms with van der Waals surface area (Å²) in [5, 5.41) is 11.7. The van der Waals surface area contributed by atoms with Crippen LogP contribution in [0.5, 0.6) is 5.75 Å². The van der Waals surface area contributed by atoms with Gasteiger partial charge in [-0.05, 0) is 61.4 Å². The normalized spacial score (nSPS) is 15.4. The van der Waals surface area contributed by atoms with Crippen molar-refractivity contribution in [1.82, 2.24) is 9.88 Å². The maximum atomic E-state index is 13.9. The highest BCUT2D eigenvalue weighted by molar-refractivity contribution is 6.16. The Morgan fingerprint density at radius 2 is 1.79 bits per heavy atom. The fourth-order valence-corrected chi connectivity index (χ4v) is 4.98. The molecule has 0 spiro atoms. The van der Waals surface area contributed by atoms with Gasteiger partial charge in [0.15, 0.2) is 22.9 Å². The lowest BCUT2D eigenvalue weighted by atomic mass is 9.94. The number of carbonyl (C=O) groups excluding carboxylic acids is 2. The van der Waals surface area contributed by atoms with E-state index in [1.54, 1.807) is 42.7 Å². The van der Waals surface area contributed by atoms with Crippen molar-refractivity contribution in [3.8, 4) is 5.75 Å². The molecule has 1 unspecified atom stereocenters. The number of furan rings is 1. The van der Waals surface area contributed by atoms with Crippen LogP contribution in [0, 0.1) is 0 Å². The fourth-order valence-electron chi connectivity index (χ4n) is 4.98. The van der Waals surface area contributed by atoms with Gasteiger partial charge in [0.1, 0.15) is 0 Å². The van der Waals surface area contributed by atoms with Crippen molar-refractivity contribution in [3.63, 3.8) is 0 Å². The van der Waals surface area contributed by atoms with Gasteiger partial charge in [-0.3, -0.25) is 14.6 Å². The fraction of sp³-hybridized carbons (Fsp3) is 0.233. The molecule has 5 rings (SSSR count). The van der Waals surface area contributed by atoms with Gasteiger partial charge in [0.25, 0.3) is 5.91 Å². The summed E-state index contributed by atoms with van der Waals surface area (Å²) in [6, 6.07) is 17.5. The molecule has 2 aromatic carbocycles. The molecule has 194 valence electrons. The number of ketones is 1. The van der Waals surface area contributed by atoms with Gasteiger partial charge in [-0.15, -0.1) is 0 Å². The molecule has 8 heteroatoms. The molecule has 8 nitrogen and oxygen atoms in total. The van der Waals surface area contributed by atoms with Crippen LogP contribution in [0.4, 0.5) is 5.69 Å². The molecule has 0 radical (unpaired) electrons. The molecule has 1 atom stereocenters. The van der Waals surface area contributed by atoms with Gasteiger partial charge in [0.2, 0.25) is 5.78 Å². The van der Waals surface area contributed by atoms with E-state index < -0.39 is 23.5 Å². The number of aliphatic hydroxyl groups excluding tert-OH is 1. The largest absolute Gasteiger partial charge is 0.503 e. The number of ether oxygens (including phenoxy) is 1. The molecule has 1 aliphatic rings. The van der Waals surface area contributed by atoms with Crippen molar-refractivity contribution < 1.29 is 23.8 Å². The lowest BCUT2D eigenvalue weighted by molar-refractivity contribution is -0.130. The zero-order valence-electron chi connectivity index (χ0n) is 21.5. The zero-order valence-corrected chi connectivity index (χ0v) is 21.5. The average molecular weight is 512 g/mol. The highest BCUT2D eigenvalue weighted by Crippen LogP contribution is 2.41. The standard InChI is InChI=1S/C30H29N3O5/c1-4-32(5-2)22-11-9-20(10-12-22)26-25(28(35)30(36)33(26)18-19-13-15-31-16-14-19)27(34)24-17-21-7-6-8-23(37-3)29(21)38-24/h6-17,26,35H,4-5,18H2,1-3H3. The third-order valence-corrected chi connectivity index (χ3v) is 6.94.